The maximum absolute atomic E-state index is 13.3. The summed E-state index contributed by atoms with van der Waals surface area (Å²) >= 11 is 0. The lowest BCUT2D eigenvalue weighted by atomic mass is 9.98. The minimum absolute atomic E-state index is 0.162. The van der Waals surface area contributed by atoms with E-state index in [1.54, 1.807) is 18.3 Å². The molecule has 1 aromatic carbocycles. The first-order valence-electron chi connectivity index (χ1n) is 9.03. The molecule has 1 aliphatic rings. The van der Waals surface area contributed by atoms with E-state index in [-0.39, 0.29) is 5.82 Å². The molecule has 0 aliphatic carbocycles. The van der Waals surface area contributed by atoms with Crippen molar-refractivity contribution in [2.24, 2.45) is 0 Å². The molecule has 2 aromatic heterocycles. The zero-order valence-electron chi connectivity index (χ0n) is 14.9. The Bertz CT molecular complexity index is 895. The molecular formula is C22H22FN3. The lowest BCUT2D eigenvalue weighted by Gasteiger charge is -2.18. The van der Waals surface area contributed by atoms with Gasteiger partial charge in [-0.1, -0.05) is 6.07 Å². The van der Waals surface area contributed by atoms with Crippen LogP contribution in [0, 0.1) is 12.7 Å². The topological polar surface area (TPSA) is 29.0 Å². The predicted molar refractivity (Wildman–Crippen MR) is 101 cm³/mol. The second-order valence-corrected chi connectivity index (χ2v) is 7.01. The number of aryl methyl sites for hydroxylation is 1. The summed E-state index contributed by atoms with van der Waals surface area (Å²) in [7, 11) is 0. The number of hydrogen-bond donors (Lipinski definition) is 0. The Kier molecular flexibility index (Phi) is 4.76. The van der Waals surface area contributed by atoms with E-state index in [9.17, 15) is 4.39 Å². The minimum Gasteiger partial charge on any atom is -0.298 e. The van der Waals surface area contributed by atoms with Gasteiger partial charge in [0.1, 0.15) is 5.82 Å². The van der Waals surface area contributed by atoms with Crippen molar-refractivity contribution in [3.8, 4) is 11.3 Å². The molecule has 1 aliphatic heterocycles. The highest BCUT2D eigenvalue weighted by molar-refractivity contribution is 5.58. The van der Waals surface area contributed by atoms with Gasteiger partial charge in [0.15, 0.2) is 0 Å². The number of likely N-dealkylation sites (tertiary alicyclic amines) is 1. The number of nitrogens with zero attached hydrogens (tertiary/aromatic N) is 3. The SMILES string of the molecule is Cc1cc(F)ccc1CN1CCC(c2ccnc(-c3cccnc3)c2)C1. The number of halogens is 1. The summed E-state index contributed by atoms with van der Waals surface area (Å²) in [6, 6.07) is 13.4. The third kappa shape index (κ3) is 3.65. The molecule has 0 saturated carbocycles. The third-order valence-corrected chi connectivity index (χ3v) is 5.18. The van der Waals surface area contributed by atoms with Crippen LogP contribution in [0.3, 0.4) is 0 Å². The maximum atomic E-state index is 13.3. The molecule has 3 nitrogen and oxygen atoms in total. The Morgan fingerprint density at radius 3 is 2.88 bits per heavy atom. The van der Waals surface area contributed by atoms with E-state index < -0.39 is 0 Å². The van der Waals surface area contributed by atoms with Crippen LogP contribution in [0.1, 0.15) is 29.0 Å². The highest BCUT2D eigenvalue weighted by atomic mass is 19.1. The van der Waals surface area contributed by atoms with Gasteiger partial charge in [-0.25, -0.2) is 4.39 Å². The van der Waals surface area contributed by atoms with Crippen molar-refractivity contribution in [1.82, 2.24) is 14.9 Å². The van der Waals surface area contributed by atoms with Gasteiger partial charge in [-0.05, 0) is 78.9 Å². The number of rotatable bonds is 4. The average Bonchev–Trinajstić information content (AvgIpc) is 3.14. The fraction of sp³-hybridized carbons (Fsp3) is 0.273. The number of pyridine rings is 2. The number of benzene rings is 1. The molecule has 1 unspecified atom stereocenters. The van der Waals surface area contributed by atoms with Crippen LogP contribution >= 0.6 is 0 Å². The average molecular weight is 347 g/mol. The van der Waals surface area contributed by atoms with Crippen LogP contribution in [-0.4, -0.2) is 28.0 Å². The van der Waals surface area contributed by atoms with Crippen molar-refractivity contribution < 1.29 is 4.39 Å². The van der Waals surface area contributed by atoms with Crippen LogP contribution in [0.25, 0.3) is 11.3 Å². The van der Waals surface area contributed by atoms with Crippen LogP contribution in [0.2, 0.25) is 0 Å². The summed E-state index contributed by atoms with van der Waals surface area (Å²) < 4.78 is 13.3. The number of hydrogen-bond acceptors (Lipinski definition) is 3. The molecule has 4 rings (SSSR count). The van der Waals surface area contributed by atoms with Gasteiger partial charge in [0.25, 0.3) is 0 Å². The largest absolute Gasteiger partial charge is 0.298 e. The van der Waals surface area contributed by atoms with Crippen LogP contribution in [-0.2, 0) is 6.54 Å². The summed E-state index contributed by atoms with van der Waals surface area (Å²) in [6.07, 6.45) is 6.66. The molecule has 1 saturated heterocycles. The molecule has 0 radical (unpaired) electrons. The Morgan fingerprint density at radius 1 is 1.15 bits per heavy atom. The summed E-state index contributed by atoms with van der Waals surface area (Å²) in [6.45, 7) is 4.94. The highest BCUT2D eigenvalue weighted by Crippen LogP contribution is 2.30. The van der Waals surface area contributed by atoms with Gasteiger partial charge in [0.05, 0.1) is 5.69 Å². The monoisotopic (exact) mass is 347 g/mol. The van der Waals surface area contributed by atoms with Gasteiger partial charge in [-0.2, -0.15) is 0 Å². The molecule has 26 heavy (non-hydrogen) atoms. The Balaban J connectivity index is 1.47. The first-order valence-corrected chi connectivity index (χ1v) is 9.03. The molecule has 1 atom stereocenters. The second kappa shape index (κ2) is 7.34. The van der Waals surface area contributed by atoms with Crippen molar-refractivity contribution in [3.63, 3.8) is 0 Å². The van der Waals surface area contributed by atoms with E-state index in [1.165, 1.54) is 11.1 Å². The summed E-state index contributed by atoms with van der Waals surface area (Å²) in [5.41, 5.74) is 5.58. The smallest absolute Gasteiger partial charge is 0.123 e. The molecule has 4 heteroatoms. The van der Waals surface area contributed by atoms with E-state index in [0.717, 1.165) is 42.9 Å². The molecule has 0 spiro atoms. The van der Waals surface area contributed by atoms with Crippen LogP contribution in [0.5, 0.6) is 0 Å². The predicted octanol–water partition coefficient (Wildman–Crippen LogP) is 4.58. The van der Waals surface area contributed by atoms with Gasteiger partial charge >= 0.3 is 0 Å². The van der Waals surface area contributed by atoms with E-state index in [1.807, 2.05) is 37.5 Å². The fourth-order valence-corrected chi connectivity index (χ4v) is 3.70. The van der Waals surface area contributed by atoms with Crippen molar-refractivity contribution in [1.29, 1.82) is 0 Å². The Hall–Kier alpha value is -2.59. The first-order chi connectivity index (χ1) is 12.7. The van der Waals surface area contributed by atoms with Crippen LogP contribution in [0.15, 0.2) is 61.1 Å². The normalized spacial score (nSPS) is 17.5. The molecular weight excluding hydrogens is 325 g/mol. The second-order valence-electron chi connectivity index (χ2n) is 7.01. The van der Waals surface area contributed by atoms with Gasteiger partial charge in [-0.3, -0.25) is 14.9 Å². The highest BCUT2D eigenvalue weighted by Gasteiger charge is 2.24. The lowest BCUT2D eigenvalue weighted by molar-refractivity contribution is 0.326. The van der Waals surface area contributed by atoms with E-state index in [2.05, 4.69) is 27.0 Å². The maximum Gasteiger partial charge on any atom is 0.123 e. The van der Waals surface area contributed by atoms with Gasteiger partial charge in [0.2, 0.25) is 0 Å². The van der Waals surface area contributed by atoms with Crippen molar-refractivity contribution in [2.45, 2.75) is 25.8 Å². The molecule has 0 N–H and O–H groups in total. The molecule has 1 fully saturated rings. The molecule has 0 bridgehead atoms. The molecule has 132 valence electrons. The fourth-order valence-electron chi connectivity index (χ4n) is 3.70. The van der Waals surface area contributed by atoms with Crippen molar-refractivity contribution in [2.75, 3.05) is 13.1 Å². The summed E-state index contributed by atoms with van der Waals surface area (Å²) in [5.74, 6) is 0.347. The summed E-state index contributed by atoms with van der Waals surface area (Å²) in [4.78, 5) is 11.1. The van der Waals surface area contributed by atoms with Crippen LogP contribution < -0.4 is 0 Å². The zero-order chi connectivity index (χ0) is 17.9. The quantitative estimate of drug-likeness (QED) is 0.692. The van der Waals surface area contributed by atoms with Gasteiger partial charge in [-0.15, -0.1) is 0 Å². The third-order valence-electron chi connectivity index (χ3n) is 5.18. The Morgan fingerprint density at radius 2 is 2.08 bits per heavy atom. The van der Waals surface area contributed by atoms with E-state index in [0.29, 0.717) is 5.92 Å². The van der Waals surface area contributed by atoms with Crippen molar-refractivity contribution >= 4 is 0 Å². The molecule has 3 aromatic rings. The molecule has 3 heterocycles. The Labute approximate surface area is 153 Å². The van der Waals surface area contributed by atoms with E-state index in [4.69, 9.17) is 0 Å². The minimum atomic E-state index is -0.162. The van der Waals surface area contributed by atoms with Crippen molar-refractivity contribution in [3.05, 3.63) is 83.6 Å². The lowest BCUT2D eigenvalue weighted by Crippen LogP contribution is -2.20. The van der Waals surface area contributed by atoms with Crippen LogP contribution in [0.4, 0.5) is 4.39 Å². The molecule has 0 amide bonds. The van der Waals surface area contributed by atoms with E-state index >= 15 is 0 Å². The van der Waals surface area contributed by atoms with Gasteiger partial charge < -0.3 is 0 Å². The number of aromatic nitrogens is 2. The zero-order valence-corrected chi connectivity index (χ0v) is 14.9. The summed E-state index contributed by atoms with van der Waals surface area (Å²) in [5, 5.41) is 0. The standard InChI is InChI=1S/C22H22FN3/c1-16-11-21(23)5-4-19(16)14-26-10-7-20(15-26)17-6-9-25-22(12-17)18-3-2-8-24-13-18/h2-6,8-9,11-13,20H,7,10,14-15H2,1H3. The van der Waals surface area contributed by atoms with Gasteiger partial charge in [0, 0.05) is 37.2 Å². The first kappa shape index (κ1) is 16.9.